The summed E-state index contributed by atoms with van der Waals surface area (Å²) in [5, 5.41) is 9.98. The molecule has 3 N–H and O–H groups in total. The zero-order valence-corrected chi connectivity index (χ0v) is 8.78. The number of aliphatic hydroxyl groups excluding tert-OH is 1. The zero-order valence-electron chi connectivity index (χ0n) is 8.78. The van der Waals surface area contributed by atoms with Crippen molar-refractivity contribution in [2.75, 3.05) is 0 Å². The van der Waals surface area contributed by atoms with Gasteiger partial charge in [-0.05, 0) is 32.1 Å². The highest BCUT2D eigenvalue weighted by atomic mass is 16.3. The standard InChI is InChI=1S/C12H21NO/c13-12(8-4-1-5-9-12)10-6-2-3-7-11(10)14/h1,4,10-11,14H,2-3,5-9,13H2. The summed E-state index contributed by atoms with van der Waals surface area (Å²) in [6, 6.07) is 0. The lowest BCUT2D eigenvalue weighted by atomic mass is 9.68. The van der Waals surface area contributed by atoms with Gasteiger partial charge in [0.15, 0.2) is 0 Å². The molecule has 0 aromatic rings. The quantitative estimate of drug-likeness (QED) is 0.628. The van der Waals surface area contributed by atoms with Crippen LogP contribution in [0, 0.1) is 5.92 Å². The van der Waals surface area contributed by atoms with E-state index >= 15 is 0 Å². The van der Waals surface area contributed by atoms with Crippen molar-refractivity contribution in [1.82, 2.24) is 0 Å². The number of aliphatic hydroxyl groups is 1. The van der Waals surface area contributed by atoms with E-state index < -0.39 is 0 Å². The fourth-order valence-corrected chi connectivity index (χ4v) is 2.99. The molecule has 0 aromatic carbocycles. The van der Waals surface area contributed by atoms with Gasteiger partial charge in [0.1, 0.15) is 0 Å². The van der Waals surface area contributed by atoms with Crippen molar-refractivity contribution in [3.8, 4) is 0 Å². The summed E-state index contributed by atoms with van der Waals surface area (Å²) in [5.41, 5.74) is 6.30. The summed E-state index contributed by atoms with van der Waals surface area (Å²) in [6.45, 7) is 0. The van der Waals surface area contributed by atoms with E-state index in [9.17, 15) is 5.11 Å². The van der Waals surface area contributed by atoms with Crippen LogP contribution in [0.15, 0.2) is 12.2 Å². The van der Waals surface area contributed by atoms with Crippen molar-refractivity contribution in [3.63, 3.8) is 0 Å². The lowest BCUT2D eigenvalue weighted by molar-refractivity contribution is 0.0209. The van der Waals surface area contributed by atoms with E-state index in [1.165, 1.54) is 12.8 Å². The average molecular weight is 195 g/mol. The van der Waals surface area contributed by atoms with Crippen LogP contribution in [0.2, 0.25) is 0 Å². The van der Waals surface area contributed by atoms with Crippen molar-refractivity contribution in [1.29, 1.82) is 0 Å². The lowest BCUT2D eigenvalue weighted by Gasteiger charge is -2.43. The molecule has 0 saturated heterocycles. The minimum Gasteiger partial charge on any atom is -0.393 e. The molecule has 2 heteroatoms. The summed E-state index contributed by atoms with van der Waals surface area (Å²) in [6.07, 6.45) is 11.8. The van der Waals surface area contributed by atoms with Crippen molar-refractivity contribution >= 4 is 0 Å². The van der Waals surface area contributed by atoms with Gasteiger partial charge in [0.25, 0.3) is 0 Å². The molecular formula is C12H21NO. The van der Waals surface area contributed by atoms with Crippen molar-refractivity contribution in [2.24, 2.45) is 11.7 Å². The molecule has 0 heterocycles. The number of hydrogen-bond acceptors (Lipinski definition) is 2. The second kappa shape index (κ2) is 4.03. The van der Waals surface area contributed by atoms with Crippen LogP contribution in [-0.2, 0) is 0 Å². The molecule has 3 atom stereocenters. The molecule has 1 saturated carbocycles. The van der Waals surface area contributed by atoms with Crippen molar-refractivity contribution in [2.45, 2.75) is 56.6 Å². The number of nitrogens with two attached hydrogens (primary N) is 1. The normalized spacial score (nSPS) is 43.9. The first-order chi connectivity index (χ1) is 6.72. The molecule has 14 heavy (non-hydrogen) atoms. The Kier molecular flexibility index (Phi) is 2.93. The second-order valence-electron chi connectivity index (χ2n) is 4.91. The van der Waals surface area contributed by atoms with Crippen LogP contribution in [0.5, 0.6) is 0 Å². The molecule has 0 aliphatic heterocycles. The molecule has 2 nitrogen and oxygen atoms in total. The fourth-order valence-electron chi connectivity index (χ4n) is 2.99. The van der Waals surface area contributed by atoms with E-state index in [-0.39, 0.29) is 11.6 Å². The van der Waals surface area contributed by atoms with Gasteiger partial charge in [0, 0.05) is 11.5 Å². The van der Waals surface area contributed by atoms with E-state index in [1.807, 2.05) is 0 Å². The Bertz CT molecular complexity index is 226. The third-order valence-corrected chi connectivity index (χ3v) is 3.91. The minimum absolute atomic E-state index is 0.116. The molecule has 0 radical (unpaired) electrons. The highest BCUT2D eigenvalue weighted by Crippen LogP contribution is 2.38. The van der Waals surface area contributed by atoms with Crippen LogP contribution in [0.25, 0.3) is 0 Å². The SMILES string of the molecule is NC1(C2CCCCC2O)CC=CCC1. The maximum Gasteiger partial charge on any atom is 0.0586 e. The maximum atomic E-state index is 9.98. The van der Waals surface area contributed by atoms with Crippen LogP contribution >= 0.6 is 0 Å². The Morgan fingerprint density at radius 2 is 2.00 bits per heavy atom. The molecule has 0 amide bonds. The van der Waals surface area contributed by atoms with Crippen LogP contribution in [0.1, 0.15) is 44.9 Å². The van der Waals surface area contributed by atoms with Crippen LogP contribution < -0.4 is 5.73 Å². The van der Waals surface area contributed by atoms with Crippen LogP contribution in [-0.4, -0.2) is 16.7 Å². The smallest absolute Gasteiger partial charge is 0.0586 e. The molecule has 0 spiro atoms. The van der Waals surface area contributed by atoms with Gasteiger partial charge in [0.05, 0.1) is 6.10 Å². The van der Waals surface area contributed by atoms with E-state index in [0.717, 1.165) is 32.1 Å². The first-order valence-corrected chi connectivity index (χ1v) is 5.84. The van der Waals surface area contributed by atoms with Crippen LogP contribution in [0.4, 0.5) is 0 Å². The highest BCUT2D eigenvalue weighted by molar-refractivity contribution is 5.06. The summed E-state index contributed by atoms with van der Waals surface area (Å²) < 4.78 is 0. The topological polar surface area (TPSA) is 46.2 Å². The predicted octanol–water partition coefficient (Wildman–Crippen LogP) is 1.98. The van der Waals surface area contributed by atoms with Crippen molar-refractivity contribution < 1.29 is 5.11 Å². The second-order valence-corrected chi connectivity index (χ2v) is 4.91. The highest BCUT2D eigenvalue weighted by Gasteiger charge is 2.39. The summed E-state index contributed by atoms with van der Waals surface area (Å²) >= 11 is 0. The van der Waals surface area contributed by atoms with Gasteiger partial charge in [-0.15, -0.1) is 0 Å². The van der Waals surface area contributed by atoms with Gasteiger partial charge in [-0.25, -0.2) is 0 Å². The minimum atomic E-state index is -0.153. The van der Waals surface area contributed by atoms with Gasteiger partial charge in [-0.3, -0.25) is 0 Å². The average Bonchev–Trinajstić information content (AvgIpc) is 2.19. The summed E-state index contributed by atoms with van der Waals surface area (Å²) in [7, 11) is 0. The van der Waals surface area contributed by atoms with E-state index in [2.05, 4.69) is 12.2 Å². The summed E-state index contributed by atoms with van der Waals surface area (Å²) in [4.78, 5) is 0. The molecule has 80 valence electrons. The summed E-state index contributed by atoms with van der Waals surface area (Å²) in [5.74, 6) is 0.334. The zero-order chi connectivity index (χ0) is 10.0. The largest absolute Gasteiger partial charge is 0.393 e. The molecule has 2 aliphatic rings. The first-order valence-electron chi connectivity index (χ1n) is 5.84. The third-order valence-electron chi connectivity index (χ3n) is 3.91. The fraction of sp³-hybridized carbons (Fsp3) is 0.833. The van der Waals surface area contributed by atoms with Crippen molar-refractivity contribution in [3.05, 3.63) is 12.2 Å². The number of rotatable bonds is 1. The Labute approximate surface area is 86.2 Å². The maximum absolute atomic E-state index is 9.98. The van der Waals surface area contributed by atoms with Gasteiger partial charge >= 0.3 is 0 Å². The van der Waals surface area contributed by atoms with Gasteiger partial charge < -0.3 is 10.8 Å². The number of hydrogen-bond donors (Lipinski definition) is 2. The molecule has 2 aliphatic carbocycles. The van der Waals surface area contributed by atoms with E-state index in [0.29, 0.717) is 5.92 Å². The van der Waals surface area contributed by atoms with Gasteiger partial charge in [0.2, 0.25) is 0 Å². The Balaban J connectivity index is 2.07. The molecule has 0 aromatic heterocycles. The van der Waals surface area contributed by atoms with Gasteiger partial charge in [-0.2, -0.15) is 0 Å². The molecule has 2 rings (SSSR count). The van der Waals surface area contributed by atoms with E-state index in [4.69, 9.17) is 5.73 Å². The molecule has 1 fully saturated rings. The number of allylic oxidation sites excluding steroid dienone is 1. The van der Waals surface area contributed by atoms with E-state index in [1.54, 1.807) is 0 Å². The Morgan fingerprint density at radius 3 is 2.64 bits per heavy atom. The van der Waals surface area contributed by atoms with Gasteiger partial charge in [-0.1, -0.05) is 25.0 Å². The Hall–Kier alpha value is -0.340. The van der Waals surface area contributed by atoms with Crippen LogP contribution in [0.3, 0.4) is 0 Å². The molecular weight excluding hydrogens is 174 g/mol. The predicted molar refractivity (Wildman–Crippen MR) is 57.9 cm³/mol. The Morgan fingerprint density at radius 1 is 1.21 bits per heavy atom. The third kappa shape index (κ3) is 1.86. The lowest BCUT2D eigenvalue weighted by Crippen LogP contribution is -2.53. The monoisotopic (exact) mass is 195 g/mol. The molecule has 3 unspecified atom stereocenters. The molecule has 0 bridgehead atoms. The first kappa shape index (κ1) is 10.2.